The first-order chi connectivity index (χ1) is 8.99. The molecular weight excluding hydrogens is 277 g/mol. The first-order valence-electron chi connectivity index (χ1n) is 5.40. The smallest absolute Gasteiger partial charge is 0.195 e. The highest BCUT2D eigenvalue weighted by Gasteiger charge is 2.18. The van der Waals surface area contributed by atoms with Crippen molar-refractivity contribution in [1.82, 2.24) is 0 Å². The minimum absolute atomic E-state index is 0.112. The van der Waals surface area contributed by atoms with Gasteiger partial charge in [-0.1, -0.05) is 23.7 Å². The van der Waals surface area contributed by atoms with Crippen LogP contribution in [0.5, 0.6) is 0 Å². The van der Waals surface area contributed by atoms with E-state index < -0.39 is 28.8 Å². The molecule has 0 saturated carbocycles. The predicted octanol–water partition coefficient (Wildman–Crippen LogP) is 4.18. The van der Waals surface area contributed by atoms with Gasteiger partial charge in [0.15, 0.2) is 23.2 Å². The van der Waals surface area contributed by atoms with Gasteiger partial charge in [0.1, 0.15) is 0 Å². The number of Topliss-reactive ketones (excluding diaryl/α,β-unsaturated/α-hetero) is 1. The van der Waals surface area contributed by atoms with E-state index in [1.54, 1.807) is 24.3 Å². The first kappa shape index (κ1) is 13.6. The van der Waals surface area contributed by atoms with Crippen molar-refractivity contribution in [3.05, 3.63) is 70.0 Å². The van der Waals surface area contributed by atoms with Crippen LogP contribution in [0.3, 0.4) is 0 Å². The van der Waals surface area contributed by atoms with E-state index in [9.17, 15) is 18.0 Å². The zero-order valence-electron chi connectivity index (χ0n) is 9.59. The van der Waals surface area contributed by atoms with Crippen molar-refractivity contribution in [2.75, 3.05) is 0 Å². The second-order valence-corrected chi connectivity index (χ2v) is 4.39. The van der Waals surface area contributed by atoms with E-state index in [4.69, 9.17) is 11.6 Å². The third-order valence-electron chi connectivity index (χ3n) is 2.61. The van der Waals surface area contributed by atoms with Crippen molar-refractivity contribution >= 4 is 17.4 Å². The Kier molecular flexibility index (Phi) is 3.90. The van der Waals surface area contributed by atoms with Crippen molar-refractivity contribution in [1.29, 1.82) is 0 Å². The average molecular weight is 285 g/mol. The highest BCUT2D eigenvalue weighted by Crippen LogP contribution is 2.18. The van der Waals surface area contributed by atoms with Crippen LogP contribution in [0.15, 0.2) is 36.4 Å². The summed E-state index contributed by atoms with van der Waals surface area (Å²) in [6.45, 7) is 0. The van der Waals surface area contributed by atoms with Gasteiger partial charge in [0.2, 0.25) is 0 Å². The number of benzene rings is 2. The van der Waals surface area contributed by atoms with E-state index in [0.717, 1.165) is 12.1 Å². The average Bonchev–Trinajstić information content (AvgIpc) is 2.39. The summed E-state index contributed by atoms with van der Waals surface area (Å²) in [4.78, 5) is 11.8. The van der Waals surface area contributed by atoms with E-state index >= 15 is 0 Å². The molecule has 0 aromatic heterocycles. The molecule has 0 fully saturated rings. The summed E-state index contributed by atoms with van der Waals surface area (Å²) in [5.41, 5.74) is 0.146. The number of ketones is 1. The molecule has 0 spiro atoms. The Labute approximate surface area is 112 Å². The minimum Gasteiger partial charge on any atom is -0.294 e. The van der Waals surface area contributed by atoms with Gasteiger partial charge in [-0.2, -0.15) is 0 Å². The van der Waals surface area contributed by atoms with Crippen LogP contribution in [0, 0.1) is 17.5 Å². The molecule has 2 aromatic rings. The first-order valence-corrected chi connectivity index (χ1v) is 5.78. The normalized spacial score (nSPS) is 10.5. The Bertz CT molecular complexity index is 623. The molecule has 0 aliphatic heterocycles. The lowest BCUT2D eigenvalue weighted by atomic mass is 10.0. The number of hydrogen-bond acceptors (Lipinski definition) is 1. The summed E-state index contributed by atoms with van der Waals surface area (Å²) < 4.78 is 39.2. The fourth-order valence-electron chi connectivity index (χ4n) is 1.62. The second-order valence-electron chi connectivity index (χ2n) is 3.95. The van der Waals surface area contributed by atoms with Crippen LogP contribution in [0.25, 0.3) is 0 Å². The largest absolute Gasteiger partial charge is 0.294 e. The summed E-state index contributed by atoms with van der Waals surface area (Å²) in [5, 5.41) is 0.509. The van der Waals surface area contributed by atoms with Crippen molar-refractivity contribution < 1.29 is 18.0 Å². The molecule has 0 radical (unpaired) electrons. The second kappa shape index (κ2) is 5.45. The zero-order chi connectivity index (χ0) is 14.0. The van der Waals surface area contributed by atoms with Gasteiger partial charge in [-0.25, -0.2) is 13.2 Å². The minimum atomic E-state index is -1.64. The molecule has 0 N–H and O–H groups in total. The number of rotatable bonds is 3. The maximum absolute atomic E-state index is 13.4. The number of carbonyl (C=O) groups is 1. The summed E-state index contributed by atoms with van der Waals surface area (Å²) >= 11 is 5.69. The lowest BCUT2D eigenvalue weighted by Gasteiger charge is -2.04. The summed E-state index contributed by atoms with van der Waals surface area (Å²) in [5.74, 6) is -5.04. The van der Waals surface area contributed by atoms with E-state index in [-0.39, 0.29) is 6.42 Å². The van der Waals surface area contributed by atoms with Gasteiger partial charge in [0.25, 0.3) is 0 Å². The molecule has 0 aliphatic rings. The molecule has 0 aliphatic carbocycles. The third-order valence-corrected chi connectivity index (χ3v) is 2.87. The fourth-order valence-corrected chi connectivity index (χ4v) is 1.75. The number of hydrogen-bond donors (Lipinski definition) is 0. The van der Waals surface area contributed by atoms with Gasteiger partial charge in [0, 0.05) is 11.4 Å². The topological polar surface area (TPSA) is 17.1 Å². The molecule has 2 aromatic carbocycles. The van der Waals surface area contributed by atoms with Gasteiger partial charge < -0.3 is 0 Å². The summed E-state index contributed by atoms with van der Waals surface area (Å²) in [6.07, 6.45) is -0.112. The van der Waals surface area contributed by atoms with Crippen LogP contribution in [-0.2, 0) is 6.42 Å². The molecule has 0 heterocycles. The standard InChI is InChI=1S/C14H8ClF3O/c15-9-3-1-8(2-4-9)7-12(19)10-5-6-11(16)14(18)13(10)17/h1-6H,7H2. The highest BCUT2D eigenvalue weighted by atomic mass is 35.5. The number of carbonyl (C=O) groups excluding carboxylic acids is 1. The monoisotopic (exact) mass is 284 g/mol. The number of halogens is 4. The van der Waals surface area contributed by atoms with Gasteiger partial charge >= 0.3 is 0 Å². The van der Waals surface area contributed by atoms with Crippen LogP contribution >= 0.6 is 11.6 Å². The Morgan fingerprint density at radius 1 is 0.947 bits per heavy atom. The lowest BCUT2D eigenvalue weighted by Crippen LogP contribution is -2.08. The van der Waals surface area contributed by atoms with Crippen molar-refractivity contribution in [2.45, 2.75) is 6.42 Å². The molecule has 19 heavy (non-hydrogen) atoms. The van der Waals surface area contributed by atoms with Crippen LogP contribution in [0.1, 0.15) is 15.9 Å². The molecule has 5 heteroatoms. The van der Waals surface area contributed by atoms with Crippen LogP contribution in [0.4, 0.5) is 13.2 Å². The van der Waals surface area contributed by atoms with E-state index in [1.807, 2.05) is 0 Å². The van der Waals surface area contributed by atoms with Gasteiger partial charge in [0.05, 0.1) is 5.56 Å². The molecule has 2 rings (SSSR count). The van der Waals surface area contributed by atoms with Gasteiger partial charge in [-0.15, -0.1) is 0 Å². The maximum atomic E-state index is 13.4. The van der Waals surface area contributed by atoms with Gasteiger partial charge in [-0.05, 0) is 29.8 Å². The van der Waals surface area contributed by atoms with Crippen LogP contribution in [-0.4, -0.2) is 5.78 Å². The quantitative estimate of drug-likeness (QED) is 0.610. The van der Waals surface area contributed by atoms with Gasteiger partial charge in [-0.3, -0.25) is 4.79 Å². The molecule has 98 valence electrons. The van der Waals surface area contributed by atoms with Crippen LogP contribution < -0.4 is 0 Å². The molecular formula is C14H8ClF3O. The highest BCUT2D eigenvalue weighted by molar-refractivity contribution is 6.30. The van der Waals surface area contributed by atoms with E-state index in [1.165, 1.54) is 0 Å². The Morgan fingerprint density at radius 3 is 2.21 bits per heavy atom. The summed E-state index contributed by atoms with van der Waals surface area (Å²) in [7, 11) is 0. The SMILES string of the molecule is O=C(Cc1ccc(Cl)cc1)c1ccc(F)c(F)c1F. The lowest BCUT2D eigenvalue weighted by molar-refractivity contribution is 0.0988. The van der Waals surface area contributed by atoms with Crippen molar-refractivity contribution in [3.63, 3.8) is 0 Å². The van der Waals surface area contributed by atoms with E-state index in [0.29, 0.717) is 10.6 Å². The Balaban J connectivity index is 2.25. The fraction of sp³-hybridized carbons (Fsp3) is 0.0714. The molecule has 0 bridgehead atoms. The zero-order valence-corrected chi connectivity index (χ0v) is 10.3. The molecule has 0 saturated heterocycles. The summed E-state index contributed by atoms with van der Waals surface area (Å²) in [6, 6.07) is 8.06. The van der Waals surface area contributed by atoms with E-state index in [2.05, 4.69) is 0 Å². The van der Waals surface area contributed by atoms with Crippen LogP contribution in [0.2, 0.25) is 5.02 Å². The Morgan fingerprint density at radius 2 is 1.58 bits per heavy atom. The van der Waals surface area contributed by atoms with Crippen molar-refractivity contribution in [3.8, 4) is 0 Å². The molecule has 0 atom stereocenters. The maximum Gasteiger partial charge on any atom is 0.195 e. The third kappa shape index (κ3) is 2.96. The predicted molar refractivity (Wildman–Crippen MR) is 65.8 cm³/mol. The Hall–Kier alpha value is -1.81. The van der Waals surface area contributed by atoms with Crippen molar-refractivity contribution in [2.24, 2.45) is 0 Å². The molecule has 0 amide bonds. The molecule has 0 unspecified atom stereocenters. The molecule has 1 nitrogen and oxygen atoms in total.